The lowest BCUT2D eigenvalue weighted by atomic mass is 9.81. The number of aromatic nitrogens is 1. The average Bonchev–Trinajstić information content (AvgIpc) is 2.88. The van der Waals surface area contributed by atoms with Crippen LogP contribution in [0, 0.1) is 6.92 Å². The van der Waals surface area contributed by atoms with Crippen LogP contribution in [-0.2, 0) is 13.5 Å². The summed E-state index contributed by atoms with van der Waals surface area (Å²) in [6.07, 6.45) is 1.03. The molecule has 0 saturated heterocycles. The predicted octanol–water partition coefficient (Wildman–Crippen LogP) is 3.97. The van der Waals surface area contributed by atoms with E-state index in [0.717, 1.165) is 11.3 Å². The molecule has 0 aliphatic heterocycles. The van der Waals surface area contributed by atoms with Crippen LogP contribution in [0.25, 0.3) is 0 Å². The smallest absolute Gasteiger partial charge is 0.269 e. The molecule has 0 N–H and O–H groups in total. The zero-order chi connectivity index (χ0) is 15.3. The van der Waals surface area contributed by atoms with Gasteiger partial charge in [-0.2, -0.15) is 0 Å². The minimum Gasteiger partial charge on any atom is -0.314 e. The van der Waals surface area contributed by atoms with Crippen LogP contribution in [0.2, 0.25) is 9.36 Å². The molecule has 6 heteroatoms. The molecule has 3 rings (SSSR count). The average molecular weight is 342 g/mol. The second-order valence-corrected chi connectivity index (χ2v) is 7.20. The van der Waals surface area contributed by atoms with Crippen LogP contribution in [0.5, 0.6) is 0 Å². The highest BCUT2D eigenvalue weighted by Crippen LogP contribution is 2.39. The molecule has 0 bridgehead atoms. The van der Waals surface area contributed by atoms with Crippen molar-refractivity contribution < 1.29 is 4.79 Å². The van der Waals surface area contributed by atoms with Crippen LogP contribution in [0.3, 0.4) is 0 Å². The lowest BCUT2D eigenvalue weighted by Crippen LogP contribution is -2.31. The summed E-state index contributed by atoms with van der Waals surface area (Å²) in [5, 5.41) is 2.06. The van der Waals surface area contributed by atoms with Gasteiger partial charge >= 0.3 is 0 Å². The predicted molar refractivity (Wildman–Crippen MR) is 86.2 cm³/mol. The minimum absolute atomic E-state index is 0.0231. The number of carbonyl (C=O) groups is 1. The number of halogens is 2. The van der Waals surface area contributed by atoms with Crippen molar-refractivity contribution in [2.75, 3.05) is 0 Å². The van der Waals surface area contributed by atoms with Crippen LogP contribution < -0.4 is 5.56 Å². The Kier molecular flexibility index (Phi) is 3.72. The molecule has 0 aromatic carbocycles. The maximum absolute atomic E-state index is 12.5. The summed E-state index contributed by atoms with van der Waals surface area (Å²) in [6, 6.07) is 1.96. The molecule has 0 saturated carbocycles. The molecule has 21 heavy (non-hydrogen) atoms. The van der Waals surface area contributed by atoms with Crippen molar-refractivity contribution in [3.8, 4) is 0 Å². The monoisotopic (exact) mass is 341 g/mol. The number of fused-ring (bicyclic) bond motifs is 1. The van der Waals surface area contributed by atoms with E-state index in [4.69, 9.17) is 23.2 Å². The van der Waals surface area contributed by atoms with Gasteiger partial charge in [-0.3, -0.25) is 9.59 Å². The van der Waals surface area contributed by atoms with Crippen LogP contribution in [0.4, 0.5) is 0 Å². The summed E-state index contributed by atoms with van der Waals surface area (Å²) in [4.78, 5) is 24.6. The van der Waals surface area contributed by atoms with Crippen LogP contribution in [0.15, 0.2) is 16.2 Å². The molecule has 2 heterocycles. The highest BCUT2D eigenvalue weighted by atomic mass is 35.5. The van der Waals surface area contributed by atoms with Gasteiger partial charge in [0, 0.05) is 24.7 Å². The summed E-state index contributed by atoms with van der Waals surface area (Å²) >= 11 is 13.7. The Morgan fingerprint density at radius 1 is 1.29 bits per heavy atom. The SMILES string of the molecule is Cc1c2c(n(C)c(=O)c1Cl)CC(c1ccsc1Cl)CC2=O. The van der Waals surface area contributed by atoms with E-state index in [9.17, 15) is 9.59 Å². The molecule has 0 radical (unpaired) electrons. The number of pyridine rings is 1. The number of ketones is 1. The standard InChI is InChI=1S/C15H13Cl2NO2S/c1-7-12-10(18(2)15(20)13(7)16)5-8(6-11(12)19)9-3-4-21-14(9)17/h3-4,8H,5-6H2,1-2H3. The first-order valence-corrected chi connectivity index (χ1v) is 8.19. The number of Topliss-reactive ketones (excluding diaryl/α,β-unsaturated/α-hetero) is 1. The van der Waals surface area contributed by atoms with E-state index in [-0.39, 0.29) is 22.3 Å². The third-order valence-electron chi connectivity index (χ3n) is 4.13. The lowest BCUT2D eigenvalue weighted by Gasteiger charge is -2.27. The third-order valence-corrected chi connectivity index (χ3v) is 5.77. The zero-order valence-corrected chi connectivity index (χ0v) is 13.9. The molecular formula is C15H13Cl2NO2S. The van der Waals surface area contributed by atoms with Crippen LogP contribution in [-0.4, -0.2) is 10.4 Å². The molecule has 1 aliphatic carbocycles. The normalized spacial score (nSPS) is 17.9. The van der Waals surface area contributed by atoms with Gasteiger partial charge in [0.1, 0.15) is 5.02 Å². The summed E-state index contributed by atoms with van der Waals surface area (Å²) < 4.78 is 2.21. The molecule has 1 aliphatic rings. The zero-order valence-electron chi connectivity index (χ0n) is 11.6. The van der Waals surface area contributed by atoms with Gasteiger partial charge in [-0.05, 0) is 41.8 Å². The van der Waals surface area contributed by atoms with Crippen molar-refractivity contribution in [1.82, 2.24) is 4.57 Å². The largest absolute Gasteiger partial charge is 0.314 e. The van der Waals surface area contributed by atoms with E-state index < -0.39 is 0 Å². The number of nitrogens with zero attached hydrogens (tertiary/aromatic N) is 1. The van der Waals surface area contributed by atoms with Gasteiger partial charge in [0.2, 0.25) is 0 Å². The number of carbonyl (C=O) groups excluding carboxylic acids is 1. The van der Waals surface area contributed by atoms with Crippen molar-refractivity contribution in [3.63, 3.8) is 0 Å². The summed E-state index contributed by atoms with van der Waals surface area (Å²) in [5.41, 5.74) is 2.68. The molecule has 3 nitrogen and oxygen atoms in total. The minimum atomic E-state index is -0.252. The van der Waals surface area contributed by atoms with E-state index in [1.165, 1.54) is 15.9 Å². The summed E-state index contributed by atoms with van der Waals surface area (Å²) in [7, 11) is 1.66. The number of hydrogen-bond donors (Lipinski definition) is 0. The summed E-state index contributed by atoms with van der Waals surface area (Å²) in [5.74, 6) is 0.0495. The third kappa shape index (κ3) is 2.26. The topological polar surface area (TPSA) is 39.1 Å². The van der Waals surface area contributed by atoms with Crippen molar-refractivity contribution in [2.45, 2.75) is 25.7 Å². The first kappa shape index (κ1) is 14.8. The Morgan fingerprint density at radius 2 is 2.00 bits per heavy atom. The van der Waals surface area contributed by atoms with E-state index >= 15 is 0 Å². The van der Waals surface area contributed by atoms with Crippen molar-refractivity contribution in [3.05, 3.63) is 53.5 Å². The highest BCUT2D eigenvalue weighted by Gasteiger charge is 2.32. The molecule has 110 valence electrons. The molecule has 2 aromatic rings. The Labute approximate surface area is 136 Å². The van der Waals surface area contributed by atoms with Gasteiger partial charge in [0.25, 0.3) is 5.56 Å². The maximum atomic E-state index is 12.5. The van der Waals surface area contributed by atoms with Gasteiger partial charge in [-0.15, -0.1) is 11.3 Å². The Hall–Kier alpha value is -1.10. The van der Waals surface area contributed by atoms with Crippen molar-refractivity contribution in [1.29, 1.82) is 0 Å². The molecule has 0 fully saturated rings. The fourth-order valence-corrected chi connectivity index (χ4v) is 4.28. The number of hydrogen-bond acceptors (Lipinski definition) is 3. The second kappa shape index (κ2) is 5.27. The van der Waals surface area contributed by atoms with Gasteiger partial charge in [-0.25, -0.2) is 0 Å². The molecule has 0 spiro atoms. The highest BCUT2D eigenvalue weighted by molar-refractivity contribution is 7.14. The van der Waals surface area contributed by atoms with E-state index in [1.807, 2.05) is 11.4 Å². The van der Waals surface area contributed by atoms with Crippen LogP contribution in [0.1, 0.15) is 39.5 Å². The Morgan fingerprint density at radius 3 is 2.62 bits per heavy atom. The van der Waals surface area contributed by atoms with E-state index in [1.54, 1.807) is 14.0 Å². The number of rotatable bonds is 1. The molecule has 2 aromatic heterocycles. The van der Waals surface area contributed by atoms with Gasteiger partial charge in [0.15, 0.2) is 5.78 Å². The molecule has 1 atom stereocenters. The lowest BCUT2D eigenvalue weighted by molar-refractivity contribution is 0.0961. The van der Waals surface area contributed by atoms with E-state index in [0.29, 0.717) is 28.3 Å². The van der Waals surface area contributed by atoms with Gasteiger partial charge < -0.3 is 4.57 Å². The molecule has 0 amide bonds. The summed E-state index contributed by atoms with van der Waals surface area (Å²) in [6.45, 7) is 1.73. The van der Waals surface area contributed by atoms with Gasteiger partial charge in [0.05, 0.1) is 4.34 Å². The molecular weight excluding hydrogens is 329 g/mol. The first-order chi connectivity index (χ1) is 9.91. The van der Waals surface area contributed by atoms with Crippen molar-refractivity contribution in [2.24, 2.45) is 7.05 Å². The Bertz CT molecular complexity index is 807. The maximum Gasteiger partial charge on any atom is 0.269 e. The fraction of sp³-hybridized carbons (Fsp3) is 0.333. The first-order valence-electron chi connectivity index (χ1n) is 6.55. The quantitative estimate of drug-likeness (QED) is 0.786. The van der Waals surface area contributed by atoms with Crippen molar-refractivity contribution >= 4 is 40.3 Å². The fourth-order valence-electron chi connectivity index (χ4n) is 2.98. The Balaban J connectivity index is 2.17. The van der Waals surface area contributed by atoms with Gasteiger partial charge in [-0.1, -0.05) is 23.2 Å². The number of thiophene rings is 1. The second-order valence-electron chi connectivity index (χ2n) is 5.30. The van der Waals surface area contributed by atoms with E-state index in [2.05, 4.69) is 0 Å². The molecule has 1 unspecified atom stereocenters. The van der Waals surface area contributed by atoms with Crippen LogP contribution >= 0.6 is 34.5 Å².